The highest BCUT2D eigenvalue weighted by Gasteiger charge is 2.03. The second-order valence-electron chi connectivity index (χ2n) is 3.85. The van der Waals surface area contributed by atoms with E-state index in [1.54, 1.807) is 0 Å². The van der Waals surface area contributed by atoms with Crippen LogP contribution in [0.3, 0.4) is 0 Å². The van der Waals surface area contributed by atoms with Gasteiger partial charge in [0, 0.05) is 39.3 Å². The van der Waals surface area contributed by atoms with Gasteiger partial charge in [-0.3, -0.25) is 4.90 Å². The topological polar surface area (TPSA) is 30.5 Å². The fraction of sp³-hybridized carbons (Fsp3) is 1.00. The van der Waals surface area contributed by atoms with Crippen molar-refractivity contribution >= 4 is 0 Å². The van der Waals surface area contributed by atoms with Crippen molar-refractivity contribution in [2.75, 3.05) is 67.5 Å². The zero-order valence-electron chi connectivity index (χ0n) is 10.1. The Morgan fingerprint density at radius 3 is 1.64 bits per heavy atom. The lowest BCUT2D eigenvalue weighted by molar-refractivity contribution is 0.244. The maximum atomic E-state index is 3.19. The molecule has 0 radical (unpaired) electrons. The summed E-state index contributed by atoms with van der Waals surface area (Å²) in [6, 6.07) is 0. The van der Waals surface area contributed by atoms with Crippen molar-refractivity contribution in [3.8, 4) is 0 Å². The minimum atomic E-state index is 1.07. The average molecular weight is 202 g/mol. The van der Waals surface area contributed by atoms with Crippen molar-refractivity contribution < 1.29 is 0 Å². The summed E-state index contributed by atoms with van der Waals surface area (Å²) in [6.45, 7) is 6.68. The van der Waals surface area contributed by atoms with Gasteiger partial charge in [0.15, 0.2) is 0 Å². The third-order valence-corrected chi connectivity index (χ3v) is 2.22. The van der Waals surface area contributed by atoms with Crippen LogP contribution >= 0.6 is 0 Å². The first kappa shape index (κ1) is 13.8. The zero-order chi connectivity index (χ0) is 10.8. The van der Waals surface area contributed by atoms with Gasteiger partial charge in [-0.05, 0) is 28.2 Å². The molecule has 0 heterocycles. The first-order valence-electron chi connectivity index (χ1n) is 5.37. The standard InChI is InChI=1S/C10H26N4/c1-11-5-7-14(8-6-12-2)10-9-13(3)4/h11-12H,5-10H2,1-4H3. The van der Waals surface area contributed by atoms with E-state index in [1.807, 2.05) is 14.1 Å². The molecule has 0 amide bonds. The third kappa shape index (κ3) is 8.44. The van der Waals surface area contributed by atoms with Gasteiger partial charge in [0.25, 0.3) is 0 Å². The van der Waals surface area contributed by atoms with E-state index in [9.17, 15) is 0 Å². The lowest BCUT2D eigenvalue weighted by atomic mass is 10.4. The number of nitrogens with zero attached hydrogens (tertiary/aromatic N) is 2. The molecule has 0 aromatic heterocycles. The second kappa shape index (κ2) is 9.40. The van der Waals surface area contributed by atoms with Gasteiger partial charge in [0.2, 0.25) is 0 Å². The lowest BCUT2D eigenvalue weighted by Crippen LogP contribution is -2.39. The smallest absolute Gasteiger partial charge is 0.0110 e. The minimum absolute atomic E-state index is 1.07. The summed E-state index contributed by atoms with van der Waals surface area (Å²) in [5.41, 5.74) is 0. The monoisotopic (exact) mass is 202 g/mol. The molecule has 0 aliphatic heterocycles. The molecule has 0 aromatic carbocycles. The van der Waals surface area contributed by atoms with E-state index in [4.69, 9.17) is 0 Å². The quantitative estimate of drug-likeness (QED) is 0.517. The Balaban J connectivity index is 3.60. The Labute approximate surface area is 88.6 Å². The summed E-state index contributed by atoms with van der Waals surface area (Å²) in [6.07, 6.45) is 0. The molecular weight excluding hydrogens is 176 g/mol. The number of rotatable bonds is 9. The Morgan fingerprint density at radius 2 is 1.29 bits per heavy atom. The Kier molecular flexibility index (Phi) is 9.29. The number of nitrogens with one attached hydrogen (secondary N) is 2. The summed E-state index contributed by atoms with van der Waals surface area (Å²) < 4.78 is 0. The summed E-state index contributed by atoms with van der Waals surface area (Å²) in [5, 5.41) is 6.37. The van der Waals surface area contributed by atoms with Crippen LogP contribution in [0.2, 0.25) is 0 Å². The molecular formula is C10H26N4. The molecule has 14 heavy (non-hydrogen) atoms. The van der Waals surface area contributed by atoms with Crippen LogP contribution < -0.4 is 10.6 Å². The van der Waals surface area contributed by atoms with E-state index >= 15 is 0 Å². The van der Waals surface area contributed by atoms with Gasteiger partial charge in [-0.1, -0.05) is 0 Å². The fourth-order valence-electron chi connectivity index (χ4n) is 1.22. The maximum absolute atomic E-state index is 3.19. The molecule has 2 N–H and O–H groups in total. The molecule has 0 aromatic rings. The minimum Gasteiger partial charge on any atom is -0.318 e. The lowest BCUT2D eigenvalue weighted by Gasteiger charge is -2.23. The maximum Gasteiger partial charge on any atom is 0.0110 e. The largest absolute Gasteiger partial charge is 0.318 e. The van der Waals surface area contributed by atoms with Gasteiger partial charge in [0.05, 0.1) is 0 Å². The van der Waals surface area contributed by atoms with Crippen molar-refractivity contribution in [3.63, 3.8) is 0 Å². The van der Waals surface area contributed by atoms with E-state index in [2.05, 4.69) is 34.5 Å². The molecule has 0 bridgehead atoms. The van der Waals surface area contributed by atoms with E-state index in [1.165, 1.54) is 0 Å². The van der Waals surface area contributed by atoms with Gasteiger partial charge < -0.3 is 15.5 Å². The molecule has 0 saturated heterocycles. The van der Waals surface area contributed by atoms with Gasteiger partial charge >= 0.3 is 0 Å². The Morgan fingerprint density at radius 1 is 0.786 bits per heavy atom. The molecule has 0 unspecified atom stereocenters. The van der Waals surface area contributed by atoms with Crippen molar-refractivity contribution in [2.24, 2.45) is 0 Å². The first-order chi connectivity index (χ1) is 6.70. The zero-order valence-corrected chi connectivity index (χ0v) is 10.1. The van der Waals surface area contributed by atoms with Crippen molar-refractivity contribution in [2.45, 2.75) is 0 Å². The van der Waals surface area contributed by atoms with Crippen LogP contribution in [-0.4, -0.2) is 77.3 Å². The van der Waals surface area contributed by atoms with Crippen molar-refractivity contribution in [1.29, 1.82) is 0 Å². The van der Waals surface area contributed by atoms with Crippen molar-refractivity contribution in [1.82, 2.24) is 20.4 Å². The molecule has 0 aliphatic rings. The molecule has 0 fully saturated rings. The van der Waals surface area contributed by atoms with Crippen LogP contribution in [0.15, 0.2) is 0 Å². The number of hydrogen-bond acceptors (Lipinski definition) is 4. The molecule has 0 spiro atoms. The summed E-state index contributed by atoms with van der Waals surface area (Å²) in [7, 11) is 8.24. The highest BCUT2D eigenvalue weighted by Crippen LogP contribution is 1.87. The normalized spacial score (nSPS) is 11.6. The first-order valence-corrected chi connectivity index (χ1v) is 5.37. The van der Waals surface area contributed by atoms with Crippen LogP contribution in [0.1, 0.15) is 0 Å². The van der Waals surface area contributed by atoms with Crippen LogP contribution in [0.25, 0.3) is 0 Å². The SMILES string of the molecule is CNCCN(CCNC)CCN(C)C. The summed E-state index contributed by atoms with van der Waals surface area (Å²) >= 11 is 0. The van der Waals surface area contributed by atoms with Crippen LogP contribution in [-0.2, 0) is 0 Å². The van der Waals surface area contributed by atoms with E-state index < -0.39 is 0 Å². The van der Waals surface area contributed by atoms with Crippen LogP contribution in [0.5, 0.6) is 0 Å². The molecule has 86 valence electrons. The summed E-state index contributed by atoms with van der Waals surface area (Å²) in [4.78, 5) is 4.71. The fourth-order valence-corrected chi connectivity index (χ4v) is 1.22. The van der Waals surface area contributed by atoms with Gasteiger partial charge in [-0.25, -0.2) is 0 Å². The van der Waals surface area contributed by atoms with Crippen LogP contribution in [0.4, 0.5) is 0 Å². The van der Waals surface area contributed by atoms with Crippen LogP contribution in [0, 0.1) is 0 Å². The summed E-state index contributed by atoms with van der Waals surface area (Å²) in [5.74, 6) is 0. The van der Waals surface area contributed by atoms with E-state index in [-0.39, 0.29) is 0 Å². The van der Waals surface area contributed by atoms with Crippen molar-refractivity contribution in [3.05, 3.63) is 0 Å². The second-order valence-corrected chi connectivity index (χ2v) is 3.85. The van der Waals surface area contributed by atoms with E-state index in [0.29, 0.717) is 0 Å². The van der Waals surface area contributed by atoms with E-state index in [0.717, 1.165) is 39.3 Å². The molecule has 0 saturated carbocycles. The van der Waals surface area contributed by atoms with Gasteiger partial charge in [-0.15, -0.1) is 0 Å². The molecule has 0 atom stereocenters. The number of likely N-dealkylation sites (N-methyl/N-ethyl adjacent to an activating group) is 3. The highest BCUT2D eigenvalue weighted by atomic mass is 15.2. The molecule has 4 heteroatoms. The molecule has 0 aliphatic carbocycles. The predicted molar refractivity (Wildman–Crippen MR) is 62.8 cm³/mol. The third-order valence-electron chi connectivity index (χ3n) is 2.22. The Bertz CT molecular complexity index is 109. The van der Waals surface area contributed by atoms with Gasteiger partial charge in [-0.2, -0.15) is 0 Å². The average Bonchev–Trinajstić information content (AvgIpc) is 2.16. The Hall–Kier alpha value is -0.160. The highest BCUT2D eigenvalue weighted by molar-refractivity contribution is 4.61. The van der Waals surface area contributed by atoms with Gasteiger partial charge in [0.1, 0.15) is 0 Å². The molecule has 0 rings (SSSR count). The molecule has 4 nitrogen and oxygen atoms in total. The number of hydrogen-bond donors (Lipinski definition) is 2. The predicted octanol–water partition coefficient (Wildman–Crippen LogP) is -0.711.